The molecule has 1 fully saturated rings. The molecule has 0 unspecified atom stereocenters. The number of carbonyl (C=O) groups excluding carboxylic acids is 8. The first-order valence-electron chi connectivity index (χ1n) is 24.4. The second-order valence-corrected chi connectivity index (χ2v) is 18.8. The summed E-state index contributed by atoms with van der Waals surface area (Å²) in [5, 5.41) is 48.2. The molecular formula is C49H74N12O12. The Hall–Kier alpha value is -7.34. The van der Waals surface area contributed by atoms with Crippen molar-refractivity contribution in [3.05, 3.63) is 65.7 Å². The zero-order chi connectivity index (χ0) is 54.4. The molecule has 0 saturated carbocycles. The second kappa shape index (κ2) is 29.9. The van der Waals surface area contributed by atoms with E-state index in [4.69, 9.17) is 17.2 Å². The van der Waals surface area contributed by atoms with E-state index in [1.54, 1.807) is 44.2 Å². The van der Waals surface area contributed by atoms with Crippen LogP contribution in [0.3, 0.4) is 0 Å². The Labute approximate surface area is 424 Å². The number of hydrogen-bond donors (Lipinski definition) is 13. The van der Waals surface area contributed by atoms with Crippen LogP contribution < -0.4 is 54.4 Å². The monoisotopic (exact) mass is 1020 g/mol. The fourth-order valence-corrected chi connectivity index (χ4v) is 8.01. The minimum atomic E-state index is -1.47. The smallest absolute Gasteiger partial charge is 0.326 e. The van der Waals surface area contributed by atoms with Crippen LogP contribution in [0.1, 0.15) is 84.3 Å². The molecule has 0 spiro atoms. The van der Waals surface area contributed by atoms with Gasteiger partial charge in [0, 0.05) is 25.9 Å². The van der Waals surface area contributed by atoms with E-state index in [0.29, 0.717) is 17.5 Å². The van der Waals surface area contributed by atoms with Gasteiger partial charge in [0.2, 0.25) is 47.3 Å². The Morgan fingerprint density at radius 3 is 1.73 bits per heavy atom. The largest absolute Gasteiger partial charge is 0.508 e. The number of hydrogen-bond acceptors (Lipinski definition) is 13. The van der Waals surface area contributed by atoms with E-state index in [1.165, 1.54) is 36.1 Å². The third-order valence-corrected chi connectivity index (χ3v) is 11.8. The van der Waals surface area contributed by atoms with Gasteiger partial charge in [0.05, 0.1) is 13.2 Å². The lowest BCUT2D eigenvalue weighted by molar-refractivity contribution is -0.143. The van der Waals surface area contributed by atoms with Crippen molar-refractivity contribution in [3.8, 4) is 5.75 Å². The van der Waals surface area contributed by atoms with Gasteiger partial charge >= 0.3 is 5.97 Å². The van der Waals surface area contributed by atoms with Crippen molar-refractivity contribution in [2.24, 2.45) is 34.0 Å². The van der Waals surface area contributed by atoms with Crippen LogP contribution in [0.2, 0.25) is 0 Å². The Morgan fingerprint density at radius 2 is 1.16 bits per heavy atom. The van der Waals surface area contributed by atoms with Gasteiger partial charge in [0.15, 0.2) is 5.96 Å². The van der Waals surface area contributed by atoms with Crippen LogP contribution in [0, 0.1) is 11.8 Å². The first-order valence-corrected chi connectivity index (χ1v) is 24.4. The summed E-state index contributed by atoms with van der Waals surface area (Å²) in [6.45, 7) is 7.56. The number of carboxylic acid groups (broad SMARTS) is 1. The van der Waals surface area contributed by atoms with Crippen LogP contribution in [0.15, 0.2) is 59.6 Å². The maximum absolute atomic E-state index is 14.3. The maximum Gasteiger partial charge on any atom is 0.326 e. The summed E-state index contributed by atoms with van der Waals surface area (Å²) < 4.78 is 0. The molecule has 1 aliphatic rings. The van der Waals surface area contributed by atoms with Gasteiger partial charge in [-0.15, -0.1) is 0 Å². The van der Waals surface area contributed by atoms with Crippen LogP contribution in [0.4, 0.5) is 0 Å². The topological polar surface area (TPSA) is 392 Å². The SMILES string of the molecule is CC(C)C[C@H](NC(=O)CN)C(=O)N[C@@H](CO)C(=O)N1CCC[C@H]1C(=O)N[C@@H](C)C(=O)N[C@@H](Cc1ccc(O)cc1)C(=O)N[C@@H](CC(C)C)C(=O)N[C@@H](CCCN=C(N)N)C(=O)N[C@@H](Cc1ccccc1)C(=O)O. The first kappa shape index (κ1) is 60.0. The van der Waals surface area contributed by atoms with Gasteiger partial charge in [0.25, 0.3) is 0 Å². The highest BCUT2D eigenvalue weighted by Crippen LogP contribution is 2.20. The van der Waals surface area contributed by atoms with Crippen molar-refractivity contribution in [3.63, 3.8) is 0 Å². The number of aliphatic hydroxyl groups excluding tert-OH is 1. The number of benzene rings is 2. The summed E-state index contributed by atoms with van der Waals surface area (Å²) in [5.41, 5.74) is 17.5. The normalized spacial score (nSPS) is 16.1. The van der Waals surface area contributed by atoms with Crippen molar-refractivity contribution in [2.45, 2.75) is 134 Å². The number of guanidine groups is 1. The van der Waals surface area contributed by atoms with E-state index in [9.17, 15) is 58.5 Å². The zero-order valence-electron chi connectivity index (χ0n) is 42.1. The molecule has 8 atom stereocenters. The number of nitrogens with one attached hydrogen (secondary N) is 7. The molecule has 16 N–H and O–H groups in total. The number of aliphatic hydroxyl groups is 1. The number of aromatic hydroxyl groups is 1. The van der Waals surface area contributed by atoms with E-state index in [1.807, 2.05) is 13.8 Å². The number of aliphatic carboxylic acids is 1. The van der Waals surface area contributed by atoms with Gasteiger partial charge in [-0.1, -0.05) is 70.2 Å². The van der Waals surface area contributed by atoms with Crippen molar-refractivity contribution in [1.82, 2.24) is 42.1 Å². The van der Waals surface area contributed by atoms with E-state index in [-0.39, 0.29) is 88.1 Å². The van der Waals surface area contributed by atoms with E-state index >= 15 is 0 Å². The molecule has 2 aromatic rings. The van der Waals surface area contributed by atoms with Crippen LogP contribution in [0.25, 0.3) is 0 Å². The highest BCUT2D eigenvalue weighted by atomic mass is 16.4. The van der Waals surface area contributed by atoms with Gasteiger partial charge in [-0.25, -0.2) is 4.79 Å². The number of aliphatic imine (C=N–C) groups is 1. The molecule has 0 radical (unpaired) electrons. The average molecular weight is 1020 g/mol. The summed E-state index contributed by atoms with van der Waals surface area (Å²) in [6, 6.07) is 4.13. The number of nitrogens with zero attached hydrogens (tertiary/aromatic N) is 2. The number of likely N-dealkylation sites (tertiary alicyclic amines) is 1. The summed E-state index contributed by atoms with van der Waals surface area (Å²) in [6.07, 6.45) is 0.770. The summed E-state index contributed by atoms with van der Waals surface area (Å²) >= 11 is 0. The van der Waals surface area contributed by atoms with Crippen molar-refractivity contribution >= 4 is 59.2 Å². The van der Waals surface area contributed by atoms with Crippen molar-refractivity contribution in [1.29, 1.82) is 0 Å². The summed E-state index contributed by atoms with van der Waals surface area (Å²) in [4.78, 5) is 126. The van der Waals surface area contributed by atoms with Gasteiger partial charge in [-0.05, 0) is 80.5 Å². The molecule has 24 nitrogen and oxygen atoms in total. The molecule has 0 aromatic heterocycles. The fourth-order valence-electron chi connectivity index (χ4n) is 8.01. The first-order chi connectivity index (χ1) is 34.5. The van der Waals surface area contributed by atoms with Crippen LogP contribution in [-0.4, -0.2) is 154 Å². The average Bonchev–Trinajstić information content (AvgIpc) is 3.84. The lowest BCUT2D eigenvalue weighted by Crippen LogP contribution is -2.60. The second-order valence-electron chi connectivity index (χ2n) is 18.8. The van der Waals surface area contributed by atoms with Gasteiger partial charge in [0.1, 0.15) is 54.1 Å². The quantitative estimate of drug-likeness (QED) is 0.0233. The minimum Gasteiger partial charge on any atom is -0.508 e. The molecule has 1 heterocycles. The number of carboxylic acids is 1. The van der Waals surface area contributed by atoms with Crippen LogP contribution >= 0.6 is 0 Å². The van der Waals surface area contributed by atoms with Crippen molar-refractivity contribution < 1.29 is 58.5 Å². The van der Waals surface area contributed by atoms with Gasteiger partial charge in [-0.3, -0.25) is 43.3 Å². The number of phenolic OH excluding ortho intramolecular Hbond substituents is 1. The molecule has 402 valence electrons. The van der Waals surface area contributed by atoms with Gasteiger partial charge in [-0.2, -0.15) is 0 Å². The lowest BCUT2D eigenvalue weighted by Gasteiger charge is -2.30. The number of rotatable bonds is 29. The third-order valence-electron chi connectivity index (χ3n) is 11.8. The van der Waals surface area contributed by atoms with E-state index < -0.39 is 108 Å². The molecule has 1 aliphatic heterocycles. The van der Waals surface area contributed by atoms with Crippen LogP contribution in [-0.2, 0) is 56.0 Å². The summed E-state index contributed by atoms with van der Waals surface area (Å²) in [5.74, 6) is -7.90. The zero-order valence-corrected chi connectivity index (χ0v) is 42.1. The Bertz CT molecular complexity index is 2230. The summed E-state index contributed by atoms with van der Waals surface area (Å²) in [7, 11) is 0. The number of carbonyl (C=O) groups is 9. The molecule has 73 heavy (non-hydrogen) atoms. The Balaban J connectivity index is 1.82. The lowest BCUT2D eigenvalue weighted by atomic mass is 10.00. The predicted molar refractivity (Wildman–Crippen MR) is 268 cm³/mol. The highest BCUT2D eigenvalue weighted by molar-refractivity contribution is 5.98. The molecule has 1 saturated heterocycles. The highest BCUT2D eigenvalue weighted by Gasteiger charge is 2.40. The molecular weight excluding hydrogens is 949 g/mol. The molecule has 2 aromatic carbocycles. The molecule has 24 heteroatoms. The van der Waals surface area contributed by atoms with E-state index in [0.717, 1.165) is 0 Å². The molecule has 0 bridgehead atoms. The fraction of sp³-hybridized carbons (Fsp3) is 0.551. The molecule has 0 aliphatic carbocycles. The number of amides is 8. The third kappa shape index (κ3) is 20.4. The Kier molecular flexibility index (Phi) is 24.5. The maximum atomic E-state index is 14.3. The molecule has 8 amide bonds. The van der Waals surface area contributed by atoms with Crippen molar-refractivity contribution in [2.75, 3.05) is 26.2 Å². The van der Waals surface area contributed by atoms with Gasteiger partial charge < -0.3 is 74.6 Å². The number of phenols is 1. The van der Waals surface area contributed by atoms with Crippen LogP contribution in [0.5, 0.6) is 5.75 Å². The Morgan fingerprint density at radius 1 is 0.658 bits per heavy atom. The molecule has 3 rings (SSSR count). The predicted octanol–water partition coefficient (Wildman–Crippen LogP) is -2.24. The standard InChI is InChI=1S/C49H74N12O12/c1-27(2)21-34(55-40(64)25-50)43(67)60-38(26-62)47(71)61-20-10-14-39(61)46(70)54-29(5)41(65)57-36(23-31-15-17-32(63)18-16-31)45(69)58-35(22-28(3)4)44(68)56-33(13-9-19-53-49(51)52)42(66)59-37(48(72)73)24-30-11-7-6-8-12-30/h6-8,11-12,15-18,27-29,33-39,62-63H,9-10,13-14,19-26,50H2,1-5H3,(H,54,70)(H,55,64)(H,56,68)(H,57,65)(H,58,69)(H,59,66)(H,60,67)(H,72,73)(H4,51,52,53)/t29-,33-,34-,35-,36-,37-,38-,39-/m0/s1. The van der Waals surface area contributed by atoms with E-state index in [2.05, 4.69) is 42.2 Å². The minimum absolute atomic E-state index is 0.0295. The number of nitrogens with two attached hydrogens (primary N) is 3.